The summed E-state index contributed by atoms with van der Waals surface area (Å²) in [5.74, 6) is -0.0970. The number of halogens is 1. The lowest BCUT2D eigenvalue weighted by Crippen LogP contribution is -2.67. The second kappa shape index (κ2) is 11.7. The summed E-state index contributed by atoms with van der Waals surface area (Å²) in [6, 6.07) is 17.2. The van der Waals surface area contributed by atoms with Gasteiger partial charge in [-0.05, 0) is 67.8 Å². The van der Waals surface area contributed by atoms with Crippen LogP contribution in [0, 0.1) is 22.6 Å². The standard InChI is InChI=1S/C34H37FN8OS/c1-3-25-14-29(40(2)33-39-32(30(18-36)45-33)22-4-6-23(35)7-5-22)27-15-26(8-9-28(27)38-25)42-12-10-41(11-13-42)19-31(44)43-20-34(21-43)16-24(37)17-34/h4-9,14-15,24H,3,10-13,16-17,19-21,37H2,1-2H3. The van der Waals surface area contributed by atoms with Crippen LogP contribution in [-0.2, 0) is 11.2 Å². The summed E-state index contributed by atoms with van der Waals surface area (Å²) in [5.41, 5.74) is 11.5. The van der Waals surface area contributed by atoms with Gasteiger partial charge < -0.3 is 20.4 Å². The molecule has 1 saturated carbocycles. The van der Waals surface area contributed by atoms with Crippen molar-refractivity contribution in [3.05, 3.63) is 64.9 Å². The fourth-order valence-electron chi connectivity index (χ4n) is 7.05. The molecule has 2 saturated heterocycles. The van der Waals surface area contributed by atoms with Gasteiger partial charge >= 0.3 is 0 Å². The van der Waals surface area contributed by atoms with E-state index in [0.29, 0.717) is 39.3 Å². The summed E-state index contributed by atoms with van der Waals surface area (Å²) in [5, 5.41) is 11.6. The van der Waals surface area contributed by atoms with Crippen LogP contribution in [0.3, 0.4) is 0 Å². The van der Waals surface area contributed by atoms with E-state index in [4.69, 9.17) is 15.7 Å². The molecule has 4 aromatic rings. The van der Waals surface area contributed by atoms with Crippen molar-refractivity contribution in [3.8, 4) is 17.3 Å². The highest BCUT2D eigenvalue weighted by molar-refractivity contribution is 7.16. The molecule has 2 N–H and O–H groups in total. The maximum Gasteiger partial charge on any atom is 0.236 e. The number of benzene rings is 2. The van der Waals surface area contributed by atoms with E-state index in [1.165, 1.54) is 23.5 Å². The van der Waals surface area contributed by atoms with Crippen LogP contribution in [0.1, 0.15) is 30.3 Å². The zero-order valence-electron chi connectivity index (χ0n) is 25.7. The van der Waals surface area contributed by atoms with E-state index in [1.807, 2.05) is 16.8 Å². The first-order chi connectivity index (χ1) is 21.7. The molecule has 7 rings (SSSR count). The van der Waals surface area contributed by atoms with Crippen LogP contribution in [0.4, 0.5) is 20.9 Å². The predicted molar refractivity (Wildman–Crippen MR) is 176 cm³/mol. The first-order valence-corrected chi connectivity index (χ1v) is 16.4. The van der Waals surface area contributed by atoms with Crippen molar-refractivity contribution in [1.82, 2.24) is 19.8 Å². The van der Waals surface area contributed by atoms with E-state index in [9.17, 15) is 14.4 Å². The highest BCUT2D eigenvalue weighted by Gasteiger charge is 2.52. The number of amides is 1. The number of nitrogens with two attached hydrogens (primary N) is 1. The Morgan fingerprint density at radius 2 is 1.84 bits per heavy atom. The molecule has 4 heterocycles. The van der Waals surface area contributed by atoms with E-state index in [-0.39, 0.29) is 11.7 Å². The fourth-order valence-corrected chi connectivity index (χ4v) is 7.91. The molecule has 2 aliphatic heterocycles. The largest absolute Gasteiger partial charge is 0.369 e. The molecule has 0 unspecified atom stereocenters. The number of hydrogen-bond acceptors (Lipinski definition) is 9. The summed E-state index contributed by atoms with van der Waals surface area (Å²) < 4.78 is 13.6. The van der Waals surface area contributed by atoms with Crippen LogP contribution in [0.2, 0.25) is 0 Å². The summed E-state index contributed by atoms with van der Waals surface area (Å²) in [7, 11) is 1.96. The smallest absolute Gasteiger partial charge is 0.236 e. The number of thiazole rings is 1. The Bertz CT molecular complexity index is 1780. The van der Waals surface area contributed by atoms with Crippen LogP contribution < -0.4 is 15.5 Å². The van der Waals surface area contributed by atoms with E-state index >= 15 is 0 Å². The van der Waals surface area contributed by atoms with Crippen LogP contribution in [0.15, 0.2) is 48.5 Å². The van der Waals surface area contributed by atoms with E-state index in [0.717, 1.165) is 86.5 Å². The van der Waals surface area contributed by atoms with Gasteiger partial charge in [0.05, 0.1) is 17.7 Å². The maximum absolute atomic E-state index is 13.6. The molecule has 3 aliphatic rings. The highest BCUT2D eigenvalue weighted by Crippen LogP contribution is 2.47. The van der Waals surface area contributed by atoms with Crippen LogP contribution in [0.25, 0.3) is 22.2 Å². The number of nitriles is 1. The van der Waals surface area contributed by atoms with Gasteiger partial charge in [-0.1, -0.05) is 18.3 Å². The minimum Gasteiger partial charge on any atom is -0.369 e. The molecule has 1 amide bonds. The second-order valence-electron chi connectivity index (χ2n) is 12.7. The Morgan fingerprint density at radius 3 is 2.51 bits per heavy atom. The number of hydrogen-bond donors (Lipinski definition) is 1. The number of anilines is 3. The van der Waals surface area contributed by atoms with E-state index in [2.05, 4.69) is 47.1 Å². The Hall–Kier alpha value is -4.11. The lowest BCUT2D eigenvalue weighted by atomic mass is 9.61. The number of aromatic nitrogens is 2. The first kappa shape index (κ1) is 29.6. The number of piperazine rings is 1. The Labute approximate surface area is 266 Å². The molecular formula is C34H37FN8OS. The predicted octanol–water partition coefficient (Wildman–Crippen LogP) is 4.77. The molecule has 1 aliphatic carbocycles. The SMILES string of the molecule is CCc1cc(N(C)c2nc(-c3ccc(F)cc3)c(C#N)s2)c2cc(N3CCN(CC(=O)N4CC5(CC(N)C5)C4)CC3)ccc2n1. The van der Waals surface area contributed by atoms with Crippen molar-refractivity contribution < 1.29 is 9.18 Å². The molecule has 2 aromatic heterocycles. The number of rotatable bonds is 7. The van der Waals surface area contributed by atoms with Gasteiger partial charge in [0, 0.05) is 80.1 Å². The Kier molecular flexibility index (Phi) is 7.68. The number of aryl methyl sites for hydroxylation is 1. The molecule has 2 aromatic carbocycles. The summed E-state index contributed by atoms with van der Waals surface area (Å²) >= 11 is 1.32. The van der Waals surface area contributed by atoms with Crippen LogP contribution >= 0.6 is 11.3 Å². The van der Waals surface area contributed by atoms with Gasteiger partial charge in [0.25, 0.3) is 0 Å². The molecule has 0 radical (unpaired) electrons. The number of carbonyl (C=O) groups excluding carboxylic acids is 1. The van der Waals surface area contributed by atoms with Gasteiger partial charge in [-0.15, -0.1) is 0 Å². The van der Waals surface area contributed by atoms with Crippen molar-refractivity contribution in [3.63, 3.8) is 0 Å². The van der Waals surface area contributed by atoms with Crippen molar-refractivity contribution >= 4 is 44.7 Å². The number of nitrogens with zero attached hydrogens (tertiary/aromatic N) is 7. The molecule has 1 spiro atoms. The monoisotopic (exact) mass is 624 g/mol. The lowest BCUT2D eigenvalue weighted by Gasteiger charge is -2.58. The van der Waals surface area contributed by atoms with E-state index in [1.54, 1.807) is 12.1 Å². The molecule has 9 nitrogen and oxygen atoms in total. The average molecular weight is 625 g/mol. The molecule has 11 heteroatoms. The zero-order valence-corrected chi connectivity index (χ0v) is 26.5. The van der Waals surface area contributed by atoms with Crippen molar-refractivity contribution in [2.24, 2.45) is 11.1 Å². The summed E-state index contributed by atoms with van der Waals surface area (Å²) in [6.07, 6.45) is 2.89. The summed E-state index contributed by atoms with van der Waals surface area (Å²) in [6.45, 7) is 7.63. The van der Waals surface area contributed by atoms with Gasteiger partial charge in [-0.25, -0.2) is 9.37 Å². The quantitative estimate of drug-likeness (QED) is 0.314. The van der Waals surface area contributed by atoms with Crippen molar-refractivity contribution in [2.45, 2.75) is 32.2 Å². The number of carbonyl (C=O) groups is 1. The summed E-state index contributed by atoms with van der Waals surface area (Å²) in [4.78, 5) is 31.8. The highest BCUT2D eigenvalue weighted by atomic mass is 32.1. The number of pyridine rings is 1. The van der Waals surface area contributed by atoms with Crippen LogP contribution in [-0.4, -0.2) is 84.6 Å². The van der Waals surface area contributed by atoms with Gasteiger partial charge in [-0.2, -0.15) is 5.26 Å². The minimum absolute atomic E-state index is 0.232. The normalized spacial score (nSPS) is 18.1. The van der Waals surface area contributed by atoms with Crippen molar-refractivity contribution in [1.29, 1.82) is 5.26 Å². The molecule has 45 heavy (non-hydrogen) atoms. The lowest BCUT2D eigenvalue weighted by molar-refractivity contribution is -0.152. The fraction of sp³-hybridized carbons (Fsp3) is 0.412. The van der Waals surface area contributed by atoms with Gasteiger partial charge in [0.15, 0.2) is 5.13 Å². The average Bonchev–Trinajstić information content (AvgIpc) is 3.46. The van der Waals surface area contributed by atoms with E-state index < -0.39 is 0 Å². The second-order valence-corrected chi connectivity index (χ2v) is 13.7. The third-order valence-corrected chi connectivity index (χ3v) is 10.6. The molecule has 0 bridgehead atoms. The first-order valence-electron chi connectivity index (χ1n) is 15.6. The molecule has 3 fully saturated rings. The Balaban J connectivity index is 1.08. The van der Waals surface area contributed by atoms with Crippen LogP contribution in [0.5, 0.6) is 0 Å². The third-order valence-electron chi connectivity index (χ3n) is 9.56. The van der Waals surface area contributed by atoms with Gasteiger partial charge in [0.1, 0.15) is 22.5 Å². The molecular weight excluding hydrogens is 587 g/mol. The molecule has 0 atom stereocenters. The topological polar surface area (TPSA) is 106 Å². The van der Waals surface area contributed by atoms with Gasteiger partial charge in [0.2, 0.25) is 5.91 Å². The zero-order chi connectivity index (χ0) is 31.3. The third kappa shape index (κ3) is 5.63. The Morgan fingerprint density at radius 1 is 1.11 bits per heavy atom. The molecule has 232 valence electrons. The number of fused-ring (bicyclic) bond motifs is 1. The maximum atomic E-state index is 13.6. The minimum atomic E-state index is -0.329. The number of likely N-dealkylation sites (tertiary alicyclic amines) is 1. The van der Waals surface area contributed by atoms with Gasteiger partial charge in [-0.3, -0.25) is 14.7 Å². The van der Waals surface area contributed by atoms with Crippen molar-refractivity contribution in [2.75, 3.05) is 62.7 Å².